The van der Waals surface area contributed by atoms with Crippen LogP contribution >= 0.6 is 0 Å². The number of hydrogen-bond donors (Lipinski definition) is 1. The first-order chi connectivity index (χ1) is 7.59. The summed E-state index contributed by atoms with van der Waals surface area (Å²) in [4.78, 5) is 10.9. The number of aliphatic carboxylic acids is 1. The van der Waals surface area contributed by atoms with Gasteiger partial charge in [-0.2, -0.15) is 0 Å². The maximum absolute atomic E-state index is 10.9. The van der Waals surface area contributed by atoms with Gasteiger partial charge in [0.25, 0.3) is 0 Å². The normalized spacial score (nSPS) is 15.6. The fourth-order valence-corrected chi connectivity index (χ4v) is 1.75. The smallest absolute Gasteiger partial charge is 0.310 e. The standard InChI is InChI=1S/C12H14O4/c1-7-5-9(8(2)12(13)14)6-10-11(7)16-4-3-15-10/h5-6,8H,3-4H2,1-2H3,(H,13,14). The van der Waals surface area contributed by atoms with Crippen molar-refractivity contribution in [3.8, 4) is 11.5 Å². The zero-order chi connectivity index (χ0) is 11.7. The van der Waals surface area contributed by atoms with Gasteiger partial charge in [-0.3, -0.25) is 4.79 Å². The van der Waals surface area contributed by atoms with E-state index in [4.69, 9.17) is 14.6 Å². The van der Waals surface area contributed by atoms with Crippen molar-refractivity contribution in [3.63, 3.8) is 0 Å². The highest BCUT2D eigenvalue weighted by molar-refractivity contribution is 5.76. The van der Waals surface area contributed by atoms with Crippen LogP contribution in [0.15, 0.2) is 12.1 Å². The fourth-order valence-electron chi connectivity index (χ4n) is 1.75. The third kappa shape index (κ3) is 1.83. The topological polar surface area (TPSA) is 55.8 Å². The average Bonchev–Trinajstić information content (AvgIpc) is 2.28. The summed E-state index contributed by atoms with van der Waals surface area (Å²) in [5.74, 6) is 0.00698. The molecule has 1 aromatic rings. The van der Waals surface area contributed by atoms with Crippen LogP contribution < -0.4 is 9.47 Å². The summed E-state index contributed by atoms with van der Waals surface area (Å²) in [7, 11) is 0. The van der Waals surface area contributed by atoms with Crippen molar-refractivity contribution in [3.05, 3.63) is 23.3 Å². The van der Waals surface area contributed by atoms with Crippen molar-refractivity contribution in [2.24, 2.45) is 0 Å². The monoisotopic (exact) mass is 222 g/mol. The van der Waals surface area contributed by atoms with Crippen molar-refractivity contribution in [2.45, 2.75) is 19.8 Å². The number of benzene rings is 1. The first kappa shape index (κ1) is 10.8. The Morgan fingerprint density at radius 2 is 2.06 bits per heavy atom. The Hall–Kier alpha value is -1.71. The molecule has 0 saturated carbocycles. The molecule has 0 radical (unpaired) electrons. The van der Waals surface area contributed by atoms with Gasteiger partial charge < -0.3 is 14.6 Å². The van der Waals surface area contributed by atoms with Crippen molar-refractivity contribution in [1.29, 1.82) is 0 Å². The van der Waals surface area contributed by atoms with Crippen molar-refractivity contribution < 1.29 is 19.4 Å². The lowest BCUT2D eigenvalue weighted by Crippen LogP contribution is -2.17. The molecule has 1 aliphatic rings. The summed E-state index contributed by atoms with van der Waals surface area (Å²) in [6, 6.07) is 3.59. The average molecular weight is 222 g/mol. The summed E-state index contributed by atoms with van der Waals surface area (Å²) < 4.78 is 10.9. The van der Waals surface area contributed by atoms with E-state index in [0.29, 0.717) is 19.0 Å². The summed E-state index contributed by atoms with van der Waals surface area (Å²) in [5.41, 5.74) is 1.66. The first-order valence-corrected chi connectivity index (χ1v) is 5.22. The minimum atomic E-state index is -0.837. The van der Waals surface area contributed by atoms with Crippen molar-refractivity contribution >= 4 is 5.97 Å². The van der Waals surface area contributed by atoms with E-state index in [-0.39, 0.29) is 0 Å². The Morgan fingerprint density at radius 3 is 2.75 bits per heavy atom. The van der Waals surface area contributed by atoms with E-state index in [0.717, 1.165) is 16.9 Å². The summed E-state index contributed by atoms with van der Waals surface area (Å²) in [6.07, 6.45) is 0. The van der Waals surface area contributed by atoms with E-state index >= 15 is 0 Å². The van der Waals surface area contributed by atoms with Crippen LogP contribution in [0.25, 0.3) is 0 Å². The SMILES string of the molecule is Cc1cc(C(C)C(=O)O)cc2c1OCCO2. The molecule has 16 heavy (non-hydrogen) atoms. The van der Waals surface area contributed by atoms with Gasteiger partial charge in [0.05, 0.1) is 5.92 Å². The van der Waals surface area contributed by atoms with E-state index in [1.54, 1.807) is 13.0 Å². The van der Waals surface area contributed by atoms with E-state index in [1.165, 1.54) is 0 Å². The van der Waals surface area contributed by atoms with Gasteiger partial charge in [-0.1, -0.05) is 6.07 Å². The Morgan fingerprint density at radius 1 is 1.38 bits per heavy atom. The van der Waals surface area contributed by atoms with Gasteiger partial charge in [-0.05, 0) is 31.0 Å². The molecule has 0 fully saturated rings. The van der Waals surface area contributed by atoms with Crippen LogP contribution in [0, 0.1) is 6.92 Å². The molecule has 1 heterocycles. The highest BCUT2D eigenvalue weighted by atomic mass is 16.6. The van der Waals surface area contributed by atoms with Crippen LogP contribution in [-0.2, 0) is 4.79 Å². The lowest BCUT2D eigenvalue weighted by atomic mass is 9.98. The maximum Gasteiger partial charge on any atom is 0.310 e. The summed E-state index contributed by atoms with van der Waals surface area (Å²) in [6.45, 7) is 4.61. The molecule has 0 aliphatic carbocycles. The number of hydrogen-bond acceptors (Lipinski definition) is 3. The molecule has 1 atom stereocenters. The Labute approximate surface area is 93.8 Å². The molecule has 0 bridgehead atoms. The third-order valence-corrected chi connectivity index (χ3v) is 2.72. The maximum atomic E-state index is 10.9. The van der Waals surface area contributed by atoms with Gasteiger partial charge in [0.1, 0.15) is 13.2 Å². The van der Waals surface area contributed by atoms with E-state index in [9.17, 15) is 4.79 Å². The summed E-state index contributed by atoms with van der Waals surface area (Å²) >= 11 is 0. The molecule has 0 saturated heterocycles. The minimum Gasteiger partial charge on any atom is -0.486 e. The molecule has 0 amide bonds. The number of rotatable bonds is 2. The molecule has 1 aromatic carbocycles. The van der Waals surface area contributed by atoms with E-state index < -0.39 is 11.9 Å². The highest BCUT2D eigenvalue weighted by Crippen LogP contribution is 2.36. The van der Waals surface area contributed by atoms with Crippen LogP contribution in [0.3, 0.4) is 0 Å². The molecule has 2 rings (SSSR count). The fraction of sp³-hybridized carbons (Fsp3) is 0.417. The molecule has 86 valence electrons. The largest absolute Gasteiger partial charge is 0.486 e. The molecule has 1 aliphatic heterocycles. The number of ether oxygens (including phenoxy) is 2. The second kappa shape index (κ2) is 4.04. The Kier molecular flexibility index (Phi) is 2.73. The van der Waals surface area contributed by atoms with Crippen LogP contribution in [0.5, 0.6) is 11.5 Å². The van der Waals surface area contributed by atoms with Crippen LogP contribution in [0.2, 0.25) is 0 Å². The Bertz CT molecular complexity index is 425. The second-order valence-electron chi connectivity index (χ2n) is 3.92. The first-order valence-electron chi connectivity index (χ1n) is 5.22. The van der Waals surface area contributed by atoms with Gasteiger partial charge >= 0.3 is 5.97 Å². The number of aryl methyl sites for hydroxylation is 1. The molecular weight excluding hydrogens is 208 g/mol. The lowest BCUT2D eigenvalue weighted by Gasteiger charge is -2.21. The second-order valence-corrected chi connectivity index (χ2v) is 3.92. The number of carbonyl (C=O) groups is 1. The molecule has 4 heteroatoms. The predicted molar refractivity (Wildman–Crippen MR) is 58.2 cm³/mol. The zero-order valence-electron chi connectivity index (χ0n) is 9.32. The summed E-state index contributed by atoms with van der Waals surface area (Å²) in [5, 5.41) is 8.96. The molecule has 0 aromatic heterocycles. The van der Waals surface area contributed by atoms with Gasteiger partial charge in [0.15, 0.2) is 11.5 Å². The van der Waals surface area contributed by atoms with Gasteiger partial charge in [0, 0.05) is 0 Å². The zero-order valence-corrected chi connectivity index (χ0v) is 9.32. The molecule has 1 unspecified atom stereocenters. The van der Waals surface area contributed by atoms with Crippen molar-refractivity contribution in [2.75, 3.05) is 13.2 Å². The van der Waals surface area contributed by atoms with Gasteiger partial charge in [0.2, 0.25) is 0 Å². The number of carboxylic acid groups (broad SMARTS) is 1. The third-order valence-electron chi connectivity index (χ3n) is 2.72. The van der Waals surface area contributed by atoms with Crippen molar-refractivity contribution in [1.82, 2.24) is 0 Å². The quantitative estimate of drug-likeness (QED) is 0.831. The van der Waals surface area contributed by atoms with E-state index in [1.807, 2.05) is 13.0 Å². The van der Waals surface area contributed by atoms with Crippen LogP contribution in [-0.4, -0.2) is 24.3 Å². The molecule has 1 N–H and O–H groups in total. The lowest BCUT2D eigenvalue weighted by molar-refractivity contribution is -0.138. The Balaban J connectivity index is 2.42. The number of fused-ring (bicyclic) bond motifs is 1. The van der Waals surface area contributed by atoms with Crippen LogP contribution in [0.1, 0.15) is 24.0 Å². The molecular formula is C12H14O4. The van der Waals surface area contributed by atoms with Gasteiger partial charge in [-0.15, -0.1) is 0 Å². The highest BCUT2D eigenvalue weighted by Gasteiger charge is 2.20. The predicted octanol–water partition coefficient (Wildman–Crippen LogP) is 1.95. The number of carboxylic acids is 1. The van der Waals surface area contributed by atoms with Crippen LogP contribution in [0.4, 0.5) is 0 Å². The minimum absolute atomic E-state index is 0.511. The molecule has 0 spiro atoms. The van der Waals surface area contributed by atoms with Gasteiger partial charge in [-0.25, -0.2) is 0 Å². The van der Waals surface area contributed by atoms with E-state index in [2.05, 4.69) is 0 Å². The molecule has 4 nitrogen and oxygen atoms in total.